The molecule has 0 unspecified atom stereocenters. The zero-order valence-corrected chi connectivity index (χ0v) is 10.2. The maximum Gasteiger partial charge on any atom is 0.325 e. The zero-order valence-electron chi connectivity index (χ0n) is 9.42. The number of H-pyrrole nitrogens is 2. The van der Waals surface area contributed by atoms with Crippen molar-refractivity contribution in [3.05, 3.63) is 27.0 Å². The van der Waals surface area contributed by atoms with Gasteiger partial charge in [-0.2, -0.15) is 4.31 Å². The highest BCUT2D eigenvalue weighted by molar-refractivity contribution is 7.89. The third-order valence-electron chi connectivity index (χ3n) is 2.91. The molecule has 1 aromatic rings. The third kappa shape index (κ3) is 2.11. The van der Waals surface area contributed by atoms with E-state index in [4.69, 9.17) is 5.11 Å². The van der Waals surface area contributed by atoms with Crippen molar-refractivity contribution in [3.8, 4) is 0 Å². The molecular weight excluding hydrogens is 262 g/mol. The Kier molecular flexibility index (Phi) is 3.37. The molecule has 1 aliphatic heterocycles. The number of sulfonamides is 1. The molecule has 9 heteroatoms. The Morgan fingerprint density at radius 1 is 1.44 bits per heavy atom. The van der Waals surface area contributed by atoms with Crippen LogP contribution in [0.15, 0.2) is 20.7 Å². The largest absolute Gasteiger partial charge is 0.395 e. The Hall–Kier alpha value is -1.45. The van der Waals surface area contributed by atoms with E-state index in [2.05, 4.69) is 4.98 Å². The van der Waals surface area contributed by atoms with Gasteiger partial charge in [-0.1, -0.05) is 0 Å². The number of hydrogen-bond acceptors (Lipinski definition) is 5. The monoisotopic (exact) mass is 275 g/mol. The van der Waals surface area contributed by atoms with Crippen molar-refractivity contribution >= 4 is 10.0 Å². The number of rotatable bonds is 3. The number of aromatic nitrogens is 2. The van der Waals surface area contributed by atoms with Crippen molar-refractivity contribution in [2.45, 2.75) is 23.8 Å². The van der Waals surface area contributed by atoms with Crippen LogP contribution >= 0.6 is 0 Å². The molecule has 0 aliphatic carbocycles. The molecule has 2 rings (SSSR count). The second-order valence-electron chi connectivity index (χ2n) is 4.03. The van der Waals surface area contributed by atoms with Gasteiger partial charge in [0.25, 0.3) is 5.56 Å². The average Bonchev–Trinajstić information content (AvgIpc) is 2.76. The van der Waals surface area contributed by atoms with Gasteiger partial charge in [0, 0.05) is 18.8 Å². The molecular formula is C9H13N3O5S. The van der Waals surface area contributed by atoms with Crippen LogP contribution in [-0.4, -0.2) is 47.0 Å². The Labute approximate surface area is 102 Å². The summed E-state index contributed by atoms with van der Waals surface area (Å²) in [4.78, 5) is 25.8. The topological polar surface area (TPSA) is 123 Å². The molecule has 1 aromatic heterocycles. The Balaban J connectivity index is 2.48. The molecule has 0 amide bonds. The van der Waals surface area contributed by atoms with Crippen LogP contribution in [0.3, 0.4) is 0 Å². The molecule has 100 valence electrons. The summed E-state index contributed by atoms with van der Waals surface area (Å²) in [7, 11) is -3.99. The maximum atomic E-state index is 12.2. The molecule has 0 bridgehead atoms. The fraction of sp³-hybridized carbons (Fsp3) is 0.556. The number of hydrogen-bond donors (Lipinski definition) is 3. The van der Waals surface area contributed by atoms with E-state index in [1.54, 1.807) is 0 Å². The van der Waals surface area contributed by atoms with Crippen LogP contribution in [0.25, 0.3) is 0 Å². The lowest BCUT2D eigenvalue weighted by atomic mass is 10.2. The summed E-state index contributed by atoms with van der Waals surface area (Å²) in [5, 5.41) is 9.11. The standard InChI is InChI=1S/C9H13N3O5S/c13-5-6-2-1-3-12(6)18(16,17)7-4-10-9(15)11-8(7)14/h4,6,13H,1-3,5H2,(H2,10,11,14,15)/t6-/m0/s1. The van der Waals surface area contributed by atoms with Gasteiger partial charge < -0.3 is 10.1 Å². The van der Waals surface area contributed by atoms with Crippen LogP contribution in [0.1, 0.15) is 12.8 Å². The average molecular weight is 275 g/mol. The lowest BCUT2D eigenvalue weighted by Crippen LogP contribution is -2.40. The lowest BCUT2D eigenvalue weighted by molar-refractivity contribution is 0.213. The second kappa shape index (κ2) is 4.67. The first kappa shape index (κ1) is 13.0. The van der Waals surface area contributed by atoms with E-state index in [0.717, 1.165) is 10.5 Å². The molecule has 1 aliphatic rings. The number of nitrogens with one attached hydrogen (secondary N) is 2. The van der Waals surface area contributed by atoms with Crippen molar-refractivity contribution in [2.75, 3.05) is 13.2 Å². The summed E-state index contributed by atoms with van der Waals surface area (Å²) in [5.74, 6) is 0. The first-order chi connectivity index (χ1) is 8.46. The highest BCUT2D eigenvalue weighted by Crippen LogP contribution is 2.23. The molecule has 0 aromatic carbocycles. The fourth-order valence-electron chi connectivity index (χ4n) is 2.02. The summed E-state index contributed by atoms with van der Waals surface area (Å²) in [6.45, 7) is -0.0351. The predicted molar refractivity (Wildman–Crippen MR) is 61.7 cm³/mol. The van der Waals surface area contributed by atoms with Crippen LogP contribution < -0.4 is 11.2 Å². The van der Waals surface area contributed by atoms with Crippen LogP contribution in [0.4, 0.5) is 0 Å². The van der Waals surface area contributed by atoms with Gasteiger partial charge in [-0.3, -0.25) is 9.78 Å². The molecule has 1 saturated heterocycles. The van der Waals surface area contributed by atoms with Crippen molar-refractivity contribution in [1.82, 2.24) is 14.3 Å². The summed E-state index contributed by atoms with van der Waals surface area (Å²) in [6, 6.07) is -0.513. The Bertz CT molecular complexity index is 647. The fourth-order valence-corrected chi connectivity index (χ4v) is 3.70. The molecule has 1 fully saturated rings. The van der Waals surface area contributed by atoms with E-state index in [0.29, 0.717) is 12.8 Å². The summed E-state index contributed by atoms with van der Waals surface area (Å²) in [5.41, 5.74) is -1.72. The van der Waals surface area contributed by atoms with Gasteiger partial charge in [-0.15, -0.1) is 0 Å². The molecule has 3 N–H and O–H groups in total. The minimum Gasteiger partial charge on any atom is -0.395 e. The summed E-state index contributed by atoms with van der Waals surface area (Å²) in [6.07, 6.45) is 2.06. The van der Waals surface area contributed by atoms with E-state index in [1.165, 1.54) is 0 Å². The van der Waals surface area contributed by atoms with Gasteiger partial charge in [-0.25, -0.2) is 13.2 Å². The maximum absolute atomic E-state index is 12.2. The zero-order chi connectivity index (χ0) is 13.3. The first-order valence-corrected chi connectivity index (χ1v) is 6.85. The van der Waals surface area contributed by atoms with Crippen molar-refractivity contribution in [2.24, 2.45) is 0 Å². The number of aliphatic hydroxyl groups is 1. The summed E-state index contributed by atoms with van der Waals surface area (Å²) < 4.78 is 25.5. The second-order valence-corrected chi connectivity index (χ2v) is 5.89. The predicted octanol–water partition coefficient (Wildman–Crippen LogP) is -1.79. The van der Waals surface area contributed by atoms with Crippen LogP contribution in [0.5, 0.6) is 0 Å². The number of aliphatic hydroxyl groups excluding tert-OH is 1. The molecule has 0 spiro atoms. The van der Waals surface area contributed by atoms with Gasteiger partial charge in [0.2, 0.25) is 10.0 Å². The first-order valence-electron chi connectivity index (χ1n) is 5.41. The lowest BCUT2D eigenvalue weighted by Gasteiger charge is -2.21. The van der Waals surface area contributed by atoms with Gasteiger partial charge in [-0.05, 0) is 12.8 Å². The Morgan fingerprint density at radius 3 is 2.78 bits per heavy atom. The highest BCUT2D eigenvalue weighted by atomic mass is 32.2. The van der Waals surface area contributed by atoms with E-state index >= 15 is 0 Å². The molecule has 2 heterocycles. The minimum absolute atomic E-state index is 0.256. The van der Waals surface area contributed by atoms with Crippen molar-refractivity contribution in [3.63, 3.8) is 0 Å². The number of aromatic amines is 2. The summed E-state index contributed by atoms with van der Waals surface area (Å²) >= 11 is 0. The minimum atomic E-state index is -3.99. The number of nitrogens with zero attached hydrogens (tertiary/aromatic N) is 1. The third-order valence-corrected chi connectivity index (χ3v) is 4.86. The van der Waals surface area contributed by atoms with E-state index in [9.17, 15) is 18.0 Å². The SMILES string of the molecule is O=c1[nH]cc(S(=O)(=O)N2CCC[C@H]2CO)c(=O)[nH]1. The van der Waals surface area contributed by atoms with E-state index < -0.39 is 32.2 Å². The Morgan fingerprint density at radius 2 is 2.17 bits per heavy atom. The van der Waals surface area contributed by atoms with E-state index in [1.807, 2.05) is 4.98 Å². The van der Waals surface area contributed by atoms with Crippen molar-refractivity contribution < 1.29 is 13.5 Å². The quantitative estimate of drug-likeness (QED) is 0.601. The van der Waals surface area contributed by atoms with Crippen molar-refractivity contribution in [1.29, 1.82) is 0 Å². The molecule has 18 heavy (non-hydrogen) atoms. The highest BCUT2D eigenvalue weighted by Gasteiger charge is 2.36. The van der Waals surface area contributed by atoms with Crippen LogP contribution in [0.2, 0.25) is 0 Å². The normalized spacial score (nSPS) is 21.3. The molecule has 0 radical (unpaired) electrons. The van der Waals surface area contributed by atoms with E-state index in [-0.39, 0.29) is 13.2 Å². The molecule has 1 atom stereocenters. The van der Waals surface area contributed by atoms with Gasteiger partial charge in [0.15, 0.2) is 4.90 Å². The van der Waals surface area contributed by atoms with Crippen LogP contribution in [-0.2, 0) is 10.0 Å². The van der Waals surface area contributed by atoms with Crippen LogP contribution in [0, 0.1) is 0 Å². The van der Waals surface area contributed by atoms with Gasteiger partial charge in [0.1, 0.15) is 0 Å². The molecule has 0 saturated carbocycles. The van der Waals surface area contributed by atoms with Gasteiger partial charge in [0.05, 0.1) is 6.61 Å². The van der Waals surface area contributed by atoms with Gasteiger partial charge >= 0.3 is 5.69 Å². The smallest absolute Gasteiger partial charge is 0.325 e. The molecule has 8 nitrogen and oxygen atoms in total.